The van der Waals surface area contributed by atoms with Gasteiger partial charge < -0.3 is 9.15 Å². The van der Waals surface area contributed by atoms with Gasteiger partial charge in [-0.05, 0) is 36.0 Å². The van der Waals surface area contributed by atoms with Crippen molar-refractivity contribution >= 4 is 35.0 Å². The summed E-state index contributed by atoms with van der Waals surface area (Å²) in [6.07, 6.45) is 1.54. The lowest BCUT2D eigenvalue weighted by Gasteiger charge is -2.01. The molecule has 7 heteroatoms. The fraction of sp³-hybridized carbons (Fsp3) is 0.118. The van der Waals surface area contributed by atoms with Crippen molar-refractivity contribution in [3.05, 3.63) is 52.6 Å². The number of carbonyl (C=O) groups excluding carboxylic acids is 3. The van der Waals surface area contributed by atoms with Crippen LogP contribution in [0.15, 0.2) is 45.7 Å². The van der Waals surface area contributed by atoms with E-state index < -0.39 is 5.97 Å². The van der Waals surface area contributed by atoms with E-state index in [1.54, 1.807) is 42.5 Å². The highest BCUT2D eigenvalue weighted by Gasteiger charge is 2.32. The van der Waals surface area contributed by atoms with Crippen LogP contribution in [0, 0.1) is 0 Å². The lowest BCUT2D eigenvalue weighted by atomic mass is 10.1. The zero-order valence-corrected chi connectivity index (χ0v) is 13.8. The molecule has 0 unspecified atom stereocenters. The first-order valence-corrected chi connectivity index (χ1v) is 7.81. The summed E-state index contributed by atoms with van der Waals surface area (Å²) in [6.45, 7) is 0. The highest BCUT2D eigenvalue weighted by molar-refractivity contribution is 8.18. The minimum Gasteiger partial charge on any atom is -0.465 e. The van der Waals surface area contributed by atoms with Crippen LogP contribution in [-0.2, 0) is 9.53 Å². The Balaban J connectivity index is 1.82. The van der Waals surface area contributed by atoms with Gasteiger partial charge in [0.05, 0.1) is 17.6 Å². The highest BCUT2D eigenvalue weighted by Crippen LogP contribution is 2.32. The summed E-state index contributed by atoms with van der Waals surface area (Å²) in [5.41, 5.74) is 1.23. The quantitative estimate of drug-likeness (QED) is 0.628. The standard InChI is InChI=1S/C17H13NO5S/c1-18-15(19)14(24-17(18)21)9-12-7-8-13(23-12)10-3-5-11(6-4-10)16(20)22-2/h3-9H,1-2H3. The van der Waals surface area contributed by atoms with E-state index in [9.17, 15) is 14.4 Å². The van der Waals surface area contributed by atoms with Gasteiger partial charge in [-0.1, -0.05) is 12.1 Å². The van der Waals surface area contributed by atoms with Gasteiger partial charge in [0.25, 0.3) is 11.1 Å². The Morgan fingerprint density at radius 3 is 2.46 bits per heavy atom. The molecule has 1 aromatic heterocycles. The third-order valence-corrected chi connectivity index (χ3v) is 4.44. The molecule has 0 N–H and O–H groups in total. The first kappa shape index (κ1) is 16.1. The Morgan fingerprint density at radius 2 is 1.88 bits per heavy atom. The Labute approximate surface area is 142 Å². The predicted octanol–water partition coefficient (Wildman–Crippen LogP) is 3.40. The molecule has 2 amide bonds. The van der Waals surface area contributed by atoms with Gasteiger partial charge >= 0.3 is 5.97 Å². The number of imide groups is 1. The molecule has 1 aliphatic heterocycles. The molecule has 0 saturated carbocycles. The topological polar surface area (TPSA) is 76.8 Å². The summed E-state index contributed by atoms with van der Waals surface area (Å²) < 4.78 is 10.3. The van der Waals surface area contributed by atoms with Gasteiger partial charge in [0.1, 0.15) is 11.5 Å². The van der Waals surface area contributed by atoms with E-state index in [1.165, 1.54) is 14.2 Å². The summed E-state index contributed by atoms with van der Waals surface area (Å²) in [5.74, 6) is 0.316. The molecule has 1 saturated heterocycles. The van der Waals surface area contributed by atoms with Gasteiger partial charge in [0, 0.05) is 18.7 Å². The number of hydrogen-bond donors (Lipinski definition) is 0. The third-order valence-electron chi connectivity index (χ3n) is 3.48. The molecule has 122 valence electrons. The molecule has 0 radical (unpaired) electrons. The molecule has 2 heterocycles. The van der Waals surface area contributed by atoms with Crippen molar-refractivity contribution in [3.8, 4) is 11.3 Å². The van der Waals surface area contributed by atoms with E-state index in [2.05, 4.69) is 4.74 Å². The van der Waals surface area contributed by atoms with E-state index in [-0.39, 0.29) is 11.1 Å². The summed E-state index contributed by atoms with van der Waals surface area (Å²) >= 11 is 0.877. The summed E-state index contributed by atoms with van der Waals surface area (Å²) in [4.78, 5) is 36.1. The fourth-order valence-corrected chi connectivity index (χ4v) is 2.96. The van der Waals surface area contributed by atoms with Crippen LogP contribution < -0.4 is 0 Å². The Kier molecular flexibility index (Phi) is 4.26. The van der Waals surface area contributed by atoms with Crippen molar-refractivity contribution in [3.63, 3.8) is 0 Å². The molecule has 1 aliphatic rings. The molecular weight excluding hydrogens is 330 g/mol. The van der Waals surface area contributed by atoms with E-state index in [4.69, 9.17) is 4.42 Å². The second kappa shape index (κ2) is 6.37. The number of likely N-dealkylation sites (N-methyl/N-ethyl adjacent to an activating group) is 1. The number of methoxy groups -OCH3 is 1. The van der Waals surface area contributed by atoms with E-state index >= 15 is 0 Å². The Bertz CT molecular complexity index is 850. The molecule has 2 aromatic rings. The smallest absolute Gasteiger partial charge is 0.337 e. The van der Waals surface area contributed by atoms with Crippen LogP contribution in [0.2, 0.25) is 0 Å². The molecule has 0 atom stereocenters. The number of furan rings is 1. The van der Waals surface area contributed by atoms with Crippen LogP contribution in [0.25, 0.3) is 17.4 Å². The van der Waals surface area contributed by atoms with Crippen molar-refractivity contribution in [1.29, 1.82) is 0 Å². The molecule has 3 rings (SSSR count). The molecule has 0 aliphatic carbocycles. The number of amides is 2. The molecular formula is C17H13NO5S. The van der Waals surface area contributed by atoms with Gasteiger partial charge in [-0.15, -0.1) is 0 Å². The van der Waals surface area contributed by atoms with E-state index in [0.717, 1.165) is 22.2 Å². The maximum atomic E-state index is 11.9. The second-order valence-corrected chi connectivity index (χ2v) is 6.00. The lowest BCUT2D eigenvalue weighted by Crippen LogP contribution is -2.22. The average molecular weight is 343 g/mol. The maximum Gasteiger partial charge on any atom is 0.337 e. The van der Waals surface area contributed by atoms with Crippen LogP contribution in [0.4, 0.5) is 4.79 Å². The number of hydrogen-bond acceptors (Lipinski definition) is 6. The number of rotatable bonds is 3. The van der Waals surface area contributed by atoms with Crippen molar-refractivity contribution in [2.75, 3.05) is 14.2 Å². The van der Waals surface area contributed by atoms with Crippen LogP contribution in [-0.4, -0.2) is 36.2 Å². The summed E-state index contributed by atoms with van der Waals surface area (Å²) in [5, 5.41) is -0.309. The van der Waals surface area contributed by atoms with Gasteiger partial charge in [-0.3, -0.25) is 14.5 Å². The highest BCUT2D eigenvalue weighted by atomic mass is 32.2. The Hall–Kier alpha value is -2.80. The van der Waals surface area contributed by atoms with E-state index in [0.29, 0.717) is 22.0 Å². The van der Waals surface area contributed by atoms with Crippen molar-refractivity contribution < 1.29 is 23.5 Å². The van der Waals surface area contributed by atoms with Crippen LogP contribution in [0.3, 0.4) is 0 Å². The number of ether oxygens (including phenoxy) is 1. The SMILES string of the molecule is COC(=O)c1ccc(-c2ccc(C=C3SC(=O)N(C)C3=O)o2)cc1. The number of esters is 1. The first-order valence-electron chi connectivity index (χ1n) is 7.00. The summed E-state index contributed by atoms with van der Waals surface area (Å²) in [6, 6.07) is 10.3. The van der Waals surface area contributed by atoms with E-state index in [1.807, 2.05) is 0 Å². The maximum absolute atomic E-state index is 11.9. The molecule has 24 heavy (non-hydrogen) atoms. The number of carbonyl (C=O) groups is 3. The molecule has 0 bridgehead atoms. The second-order valence-electron chi connectivity index (χ2n) is 5.01. The van der Waals surface area contributed by atoms with Gasteiger partial charge in [-0.25, -0.2) is 4.79 Å². The molecule has 6 nitrogen and oxygen atoms in total. The zero-order chi connectivity index (χ0) is 17.3. The number of nitrogens with zero attached hydrogens (tertiary/aromatic N) is 1. The molecule has 1 aromatic carbocycles. The van der Waals surface area contributed by atoms with Crippen molar-refractivity contribution in [1.82, 2.24) is 4.90 Å². The van der Waals surface area contributed by atoms with Crippen LogP contribution in [0.1, 0.15) is 16.1 Å². The third kappa shape index (κ3) is 2.98. The minimum absolute atomic E-state index is 0.309. The van der Waals surface area contributed by atoms with Gasteiger partial charge in [-0.2, -0.15) is 0 Å². The normalized spacial score (nSPS) is 16.1. The summed E-state index contributed by atoms with van der Waals surface area (Å²) in [7, 11) is 2.77. The largest absolute Gasteiger partial charge is 0.465 e. The lowest BCUT2D eigenvalue weighted by molar-refractivity contribution is -0.121. The monoisotopic (exact) mass is 343 g/mol. The van der Waals surface area contributed by atoms with Crippen molar-refractivity contribution in [2.45, 2.75) is 0 Å². The minimum atomic E-state index is -0.406. The Morgan fingerprint density at radius 1 is 1.17 bits per heavy atom. The van der Waals surface area contributed by atoms with Gasteiger partial charge in [0.15, 0.2) is 0 Å². The van der Waals surface area contributed by atoms with Gasteiger partial charge in [0.2, 0.25) is 0 Å². The molecule has 1 fully saturated rings. The average Bonchev–Trinajstić information content (AvgIpc) is 3.16. The van der Waals surface area contributed by atoms with Crippen molar-refractivity contribution in [2.24, 2.45) is 0 Å². The molecule has 0 spiro atoms. The first-order chi connectivity index (χ1) is 11.5. The number of benzene rings is 1. The van der Waals surface area contributed by atoms with Crippen LogP contribution >= 0.6 is 11.8 Å². The number of thioether (sulfide) groups is 1. The fourth-order valence-electron chi connectivity index (χ4n) is 2.15. The zero-order valence-electron chi connectivity index (χ0n) is 12.9. The van der Waals surface area contributed by atoms with Crippen LogP contribution in [0.5, 0.6) is 0 Å². The predicted molar refractivity (Wildman–Crippen MR) is 89.2 cm³/mol.